The van der Waals surface area contributed by atoms with E-state index in [0.717, 1.165) is 13.0 Å². The Morgan fingerprint density at radius 1 is 1.79 bits per heavy atom. The predicted octanol–water partition coefficient (Wildman–Crippen LogP) is 3.84. The maximum Gasteiger partial charge on any atom is 0.0517 e. The van der Waals surface area contributed by atoms with Crippen LogP contribution in [-0.4, -0.2) is 12.6 Å². The van der Waals surface area contributed by atoms with Crippen molar-refractivity contribution in [1.29, 1.82) is 0 Å². The molecule has 1 rings (SSSR count). The van der Waals surface area contributed by atoms with Crippen molar-refractivity contribution in [2.75, 3.05) is 6.54 Å². The summed E-state index contributed by atoms with van der Waals surface area (Å²) in [5, 5.41) is 3.48. The fourth-order valence-electron chi connectivity index (χ4n) is 1.41. The predicted molar refractivity (Wildman–Crippen MR) is 74.7 cm³/mol. The standard InChI is InChI=1S/C11H16INS/c1-3-5-6-9(4-2)11-7-10(14-12)8-13-11/h4-7,11,13H,3,8H2,1-2H3/b6-5-,9-4+. The van der Waals surface area contributed by atoms with Crippen LogP contribution in [0.4, 0.5) is 0 Å². The van der Waals surface area contributed by atoms with Gasteiger partial charge in [-0.05, 0) is 18.9 Å². The van der Waals surface area contributed by atoms with Crippen LogP contribution in [0, 0.1) is 0 Å². The molecule has 1 aliphatic heterocycles. The van der Waals surface area contributed by atoms with Gasteiger partial charge in [-0.2, -0.15) is 0 Å². The third-order valence-electron chi connectivity index (χ3n) is 2.19. The van der Waals surface area contributed by atoms with Crippen molar-refractivity contribution >= 4 is 30.1 Å². The summed E-state index contributed by atoms with van der Waals surface area (Å²) in [6.45, 7) is 5.27. The highest BCUT2D eigenvalue weighted by Gasteiger charge is 2.16. The lowest BCUT2D eigenvalue weighted by molar-refractivity contribution is 0.757. The highest BCUT2D eigenvalue weighted by Crippen LogP contribution is 2.28. The Kier molecular flexibility index (Phi) is 5.89. The maximum absolute atomic E-state index is 3.48. The van der Waals surface area contributed by atoms with Gasteiger partial charge >= 0.3 is 0 Å². The van der Waals surface area contributed by atoms with Gasteiger partial charge < -0.3 is 5.32 Å². The Morgan fingerprint density at radius 3 is 3.07 bits per heavy atom. The molecule has 0 saturated carbocycles. The van der Waals surface area contributed by atoms with Gasteiger partial charge in [0.2, 0.25) is 0 Å². The van der Waals surface area contributed by atoms with Crippen LogP contribution >= 0.6 is 30.1 Å². The fourth-order valence-corrected chi connectivity index (χ4v) is 2.65. The van der Waals surface area contributed by atoms with Gasteiger partial charge in [0.15, 0.2) is 0 Å². The number of hydrogen-bond donors (Lipinski definition) is 1. The van der Waals surface area contributed by atoms with Gasteiger partial charge in [-0.15, -0.1) is 0 Å². The van der Waals surface area contributed by atoms with E-state index in [1.54, 1.807) is 8.93 Å². The number of allylic oxidation sites excluding steroid dienone is 2. The Morgan fingerprint density at radius 2 is 2.57 bits per heavy atom. The van der Waals surface area contributed by atoms with Crippen LogP contribution in [0.15, 0.2) is 34.8 Å². The minimum absolute atomic E-state index is 0.417. The lowest BCUT2D eigenvalue weighted by Gasteiger charge is -2.09. The minimum Gasteiger partial charge on any atom is -0.302 e. The second kappa shape index (κ2) is 6.69. The second-order valence-corrected chi connectivity index (χ2v) is 5.17. The molecule has 1 atom stereocenters. The van der Waals surface area contributed by atoms with Crippen LogP contribution in [0.5, 0.6) is 0 Å². The second-order valence-electron chi connectivity index (χ2n) is 3.17. The zero-order valence-electron chi connectivity index (χ0n) is 8.59. The molecule has 1 N–H and O–H groups in total. The Balaban J connectivity index is 2.64. The van der Waals surface area contributed by atoms with E-state index in [-0.39, 0.29) is 0 Å². The molecule has 78 valence electrons. The van der Waals surface area contributed by atoms with Gasteiger partial charge in [0.1, 0.15) is 0 Å². The molecule has 0 spiro atoms. The van der Waals surface area contributed by atoms with E-state index in [1.807, 2.05) is 0 Å². The summed E-state index contributed by atoms with van der Waals surface area (Å²) < 4.78 is 0. The number of nitrogens with one attached hydrogen (secondary N) is 1. The molecule has 0 saturated heterocycles. The SMILES string of the molecule is C/C=C(\C=C/CC)C1C=C(SI)CN1. The van der Waals surface area contributed by atoms with Gasteiger partial charge in [0.25, 0.3) is 0 Å². The smallest absolute Gasteiger partial charge is 0.0517 e. The van der Waals surface area contributed by atoms with E-state index < -0.39 is 0 Å². The average Bonchev–Trinajstić information content (AvgIpc) is 2.68. The van der Waals surface area contributed by atoms with E-state index >= 15 is 0 Å². The summed E-state index contributed by atoms with van der Waals surface area (Å²) in [6, 6.07) is 0.417. The molecule has 0 aliphatic carbocycles. The molecule has 0 fully saturated rings. The first-order valence-electron chi connectivity index (χ1n) is 4.87. The molecule has 0 aromatic rings. The summed E-state index contributed by atoms with van der Waals surface area (Å²) in [7, 11) is 1.81. The normalized spacial score (nSPS) is 23.2. The molecule has 1 heterocycles. The van der Waals surface area contributed by atoms with Crippen LogP contribution in [0.2, 0.25) is 0 Å². The highest BCUT2D eigenvalue weighted by molar-refractivity contribution is 14.2. The molecule has 3 heteroatoms. The zero-order valence-corrected chi connectivity index (χ0v) is 11.6. The van der Waals surface area contributed by atoms with Crippen molar-refractivity contribution in [3.05, 3.63) is 34.8 Å². The molecule has 1 aliphatic rings. The summed E-state index contributed by atoms with van der Waals surface area (Å²) in [5.74, 6) is 0. The van der Waals surface area contributed by atoms with Crippen LogP contribution in [0.1, 0.15) is 20.3 Å². The van der Waals surface area contributed by atoms with Crippen LogP contribution in [0.25, 0.3) is 0 Å². The Hall–Kier alpha value is 0.260. The van der Waals surface area contributed by atoms with E-state index in [9.17, 15) is 0 Å². The molecule has 1 unspecified atom stereocenters. The summed E-state index contributed by atoms with van der Waals surface area (Å²) in [4.78, 5) is 1.43. The van der Waals surface area contributed by atoms with Gasteiger partial charge in [-0.3, -0.25) is 0 Å². The van der Waals surface area contributed by atoms with Crippen molar-refractivity contribution in [3.63, 3.8) is 0 Å². The first kappa shape index (κ1) is 12.3. The average molecular weight is 321 g/mol. The van der Waals surface area contributed by atoms with Gasteiger partial charge in [-0.25, -0.2) is 0 Å². The van der Waals surface area contributed by atoms with Gasteiger partial charge in [0, 0.05) is 32.7 Å². The molecular weight excluding hydrogens is 305 g/mol. The molecule has 0 radical (unpaired) electrons. The van der Waals surface area contributed by atoms with E-state index in [0.29, 0.717) is 6.04 Å². The van der Waals surface area contributed by atoms with Crippen LogP contribution in [0.3, 0.4) is 0 Å². The van der Waals surface area contributed by atoms with E-state index in [2.05, 4.69) is 64.7 Å². The summed E-state index contributed by atoms with van der Waals surface area (Å²) >= 11 is 2.33. The number of halogens is 1. The third kappa shape index (κ3) is 3.44. The topological polar surface area (TPSA) is 12.0 Å². The van der Waals surface area contributed by atoms with Crippen molar-refractivity contribution in [2.24, 2.45) is 0 Å². The first-order chi connectivity index (χ1) is 6.81. The molecule has 0 amide bonds. The largest absolute Gasteiger partial charge is 0.302 e. The van der Waals surface area contributed by atoms with E-state index in [4.69, 9.17) is 0 Å². The maximum atomic E-state index is 3.48. The fraction of sp³-hybridized carbons (Fsp3) is 0.455. The van der Waals surface area contributed by atoms with Gasteiger partial charge in [-0.1, -0.05) is 40.2 Å². The molecule has 0 aromatic carbocycles. The Bertz CT molecular complexity index is 268. The zero-order chi connectivity index (χ0) is 10.4. The Labute approximate surface area is 103 Å². The minimum atomic E-state index is 0.417. The van der Waals surface area contributed by atoms with Crippen molar-refractivity contribution in [2.45, 2.75) is 26.3 Å². The lowest BCUT2D eigenvalue weighted by Crippen LogP contribution is -2.23. The van der Waals surface area contributed by atoms with Crippen LogP contribution < -0.4 is 5.32 Å². The number of rotatable bonds is 4. The van der Waals surface area contributed by atoms with Crippen LogP contribution in [-0.2, 0) is 0 Å². The lowest BCUT2D eigenvalue weighted by atomic mass is 10.1. The molecule has 0 bridgehead atoms. The quantitative estimate of drug-likeness (QED) is 0.624. The van der Waals surface area contributed by atoms with Crippen molar-refractivity contribution < 1.29 is 0 Å². The monoisotopic (exact) mass is 321 g/mol. The van der Waals surface area contributed by atoms with Gasteiger partial charge in [0.05, 0.1) is 6.04 Å². The van der Waals surface area contributed by atoms with Crippen molar-refractivity contribution in [3.8, 4) is 0 Å². The third-order valence-corrected chi connectivity index (χ3v) is 4.36. The summed E-state index contributed by atoms with van der Waals surface area (Å²) in [5.41, 5.74) is 1.37. The first-order valence-corrected chi connectivity index (χ1v) is 8.23. The molecule has 1 nitrogen and oxygen atoms in total. The van der Waals surface area contributed by atoms with Crippen molar-refractivity contribution in [1.82, 2.24) is 5.32 Å². The molecular formula is C11H16INS. The number of hydrogen-bond acceptors (Lipinski definition) is 2. The molecule has 0 aromatic heterocycles. The summed E-state index contributed by atoms with van der Waals surface area (Å²) in [6.07, 6.45) is 10.0. The highest BCUT2D eigenvalue weighted by atomic mass is 127. The van der Waals surface area contributed by atoms with E-state index in [1.165, 1.54) is 10.5 Å². The molecule has 14 heavy (non-hydrogen) atoms.